The molecule has 1 aromatic rings. The molecule has 2 aliphatic rings. The molecule has 0 bridgehead atoms. The summed E-state index contributed by atoms with van der Waals surface area (Å²) >= 11 is 5.84. The molecule has 8 heteroatoms. The van der Waals surface area contributed by atoms with Gasteiger partial charge in [0, 0.05) is 37.2 Å². The molecule has 1 amide bonds. The number of benzene rings is 1. The van der Waals surface area contributed by atoms with Crippen LogP contribution < -0.4 is 5.32 Å². The van der Waals surface area contributed by atoms with Crippen molar-refractivity contribution in [3.05, 3.63) is 29.3 Å². The minimum atomic E-state index is -3.51. The Bertz CT molecular complexity index is 746. The minimum absolute atomic E-state index is 0.0442. The molecule has 2 atom stereocenters. The summed E-state index contributed by atoms with van der Waals surface area (Å²) in [6.07, 6.45) is 4.65. The molecule has 0 unspecified atom stereocenters. The van der Waals surface area contributed by atoms with Crippen molar-refractivity contribution >= 4 is 27.5 Å². The molecular formula is C19H28ClN3O3S. The second-order valence-corrected chi connectivity index (χ2v) is 9.94. The van der Waals surface area contributed by atoms with Gasteiger partial charge < -0.3 is 5.32 Å². The zero-order valence-electron chi connectivity index (χ0n) is 15.7. The molecular weight excluding hydrogens is 386 g/mol. The summed E-state index contributed by atoms with van der Waals surface area (Å²) in [6, 6.07) is 6.51. The monoisotopic (exact) mass is 413 g/mol. The van der Waals surface area contributed by atoms with Gasteiger partial charge in [0.25, 0.3) is 0 Å². The summed E-state index contributed by atoms with van der Waals surface area (Å²) in [5.41, 5.74) is 0. The number of piperazine rings is 1. The molecule has 2 fully saturated rings. The zero-order valence-corrected chi connectivity index (χ0v) is 17.3. The molecule has 0 spiro atoms. The third kappa shape index (κ3) is 5.22. The summed E-state index contributed by atoms with van der Waals surface area (Å²) in [5, 5.41) is 3.67. The number of halogens is 1. The van der Waals surface area contributed by atoms with Crippen LogP contribution >= 0.6 is 11.6 Å². The van der Waals surface area contributed by atoms with Crippen molar-refractivity contribution in [2.24, 2.45) is 5.92 Å². The maximum Gasteiger partial charge on any atom is 0.243 e. The molecule has 1 aromatic carbocycles. The normalized spacial score (nSPS) is 25.3. The number of nitrogens with zero attached hydrogens (tertiary/aromatic N) is 2. The van der Waals surface area contributed by atoms with Crippen LogP contribution in [0.5, 0.6) is 0 Å². The van der Waals surface area contributed by atoms with E-state index in [0.717, 1.165) is 6.42 Å². The average Bonchev–Trinajstić information content (AvgIpc) is 2.64. The predicted molar refractivity (Wildman–Crippen MR) is 106 cm³/mol. The Morgan fingerprint density at radius 3 is 2.37 bits per heavy atom. The number of hydrogen-bond acceptors (Lipinski definition) is 4. The Balaban J connectivity index is 1.49. The fraction of sp³-hybridized carbons (Fsp3) is 0.632. The van der Waals surface area contributed by atoms with Gasteiger partial charge in [0.1, 0.15) is 0 Å². The van der Waals surface area contributed by atoms with E-state index in [-0.39, 0.29) is 16.8 Å². The van der Waals surface area contributed by atoms with Gasteiger partial charge in [-0.05, 0) is 43.0 Å². The van der Waals surface area contributed by atoms with Crippen LogP contribution in [0.25, 0.3) is 0 Å². The maximum atomic E-state index is 12.7. The van der Waals surface area contributed by atoms with Crippen molar-refractivity contribution in [3.63, 3.8) is 0 Å². The van der Waals surface area contributed by atoms with Crippen LogP contribution in [-0.4, -0.2) is 62.3 Å². The Morgan fingerprint density at radius 1 is 1.11 bits per heavy atom. The molecule has 3 rings (SSSR count). The lowest BCUT2D eigenvalue weighted by molar-refractivity contribution is -0.123. The van der Waals surface area contributed by atoms with Gasteiger partial charge in [-0.1, -0.05) is 31.4 Å². The number of carbonyl (C=O) groups is 1. The Kier molecular flexibility index (Phi) is 6.78. The average molecular weight is 414 g/mol. The van der Waals surface area contributed by atoms with Gasteiger partial charge in [0.15, 0.2) is 0 Å². The molecule has 1 aliphatic carbocycles. The third-order valence-corrected chi connectivity index (χ3v) is 7.77. The van der Waals surface area contributed by atoms with E-state index in [4.69, 9.17) is 11.6 Å². The summed E-state index contributed by atoms with van der Waals surface area (Å²) < 4.78 is 26.9. The molecule has 1 aliphatic heterocycles. The summed E-state index contributed by atoms with van der Waals surface area (Å²) in [4.78, 5) is 14.6. The van der Waals surface area contributed by atoms with E-state index in [1.165, 1.54) is 35.7 Å². The lowest BCUT2D eigenvalue weighted by atomic mass is 9.86. The third-order valence-electron chi connectivity index (χ3n) is 5.61. The van der Waals surface area contributed by atoms with Gasteiger partial charge in [-0.15, -0.1) is 0 Å². The lowest BCUT2D eigenvalue weighted by Gasteiger charge is -2.34. The Morgan fingerprint density at radius 2 is 1.74 bits per heavy atom. The summed E-state index contributed by atoms with van der Waals surface area (Å²) in [7, 11) is -3.51. The summed E-state index contributed by atoms with van der Waals surface area (Å²) in [6.45, 7) is 4.42. The molecule has 1 saturated carbocycles. The minimum Gasteiger partial charge on any atom is -0.352 e. The highest BCUT2D eigenvalue weighted by Gasteiger charge is 2.30. The van der Waals surface area contributed by atoms with E-state index in [0.29, 0.717) is 43.7 Å². The van der Waals surface area contributed by atoms with Gasteiger partial charge >= 0.3 is 0 Å². The molecule has 27 heavy (non-hydrogen) atoms. The molecule has 1 saturated heterocycles. The Hall–Kier alpha value is -1.15. The largest absolute Gasteiger partial charge is 0.352 e. The summed E-state index contributed by atoms with van der Waals surface area (Å²) in [5.74, 6) is 0.576. The van der Waals surface area contributed by atoms with Crippen molar-refractivity contribution in [2.45, 2.75) is 43.5 Å². The van der Waals surface area contributed by atoms with E-state index in [9.17, 15) is 13.2 Å². The fourth-order valence-corrected chi connectivity index (χ4v) is 5.42. The first-order valence-electron chi connectivity index (χ1n) is 9.64. The van der Waals surface area contributed by atoms with Crippen LogP contribution in [-0.2, 0) is 14.8 Å². The second-order valence-electron chi connectivity index (χ2n) is 7.57. The first-order chi connectivity index (χ1) is 12.9. The molecule has 0 aromatic heterocycles. The number of nitrogens with one attached hydrogen (secondary N) is 1. The number of rotatable bonds is 5. The highest BCUT2D eigenvalue weighted by atomic mass is 35.5. The van der Waals surface area contributed by atoms with Gasteiger partial charge in [-0.2, -0.15) is 4.31 Å². The number of amides is 1. The van der Waals surface area contributed by atoms with E-state index in [1.54, 1.807) is 12.1 Å². The van der Waals surface area contributed by atoms with Gasteiger partial charge in [0.2, 0.25) is 15.9 Å². The standard InChI is InChI=1S/C19H28ClN3O3S/c1-15-4-2-3-5-18(15)21-19(24)14-22-10-12-23(13-11-22)27(25,26)17-8-6-16(20)7-9-17/h6-9,15,18H,2-5,10-14H2,1H3,(H,21,24)/t15-,18+/m0/s1. The first-order valence-corrected chi connectivity index (χ1v) is 11.5. The number of sulfonamides is 1. The molecule has 1 heterocycles. The van der Waals surface area contributed by atoms with Crippen LogP contribution in [0, 0.1) is 5.92 Å². The smallest absolute Gasteiger partial charge is 0.243 e. The van der Waals surface area contributed by atoms with Crippen LogP contribution in [0.4, 0.5) is 0 Å². The van der Waals surface area contributed by atoms with Crippen LogP contribution in [0.15, 0.2) is 29.2 Å². The topological polar surface area (TPSA) is 69.7 Å². The SMILES string of the molecule is C[C@H]1CCCC[C@H]1NC(=O)CN1CCN(S(=O)(=O)c2ccc(Cl)cc2)CC1. The quantitative estimate of drug-likeness (QED) is 0.804. The number of carbonyl (C=O) groups excluding carboxylic acids is 1. The maximum absolute atomic E-state index is 12.7. The first kappa shape index (κ1) is 20.6. The molecule has 150 valence electrons. The Labute approximate surface area is 166 Å². The van der Waals surface area contributed by atoms with E-state index in [1.807, 2.05) is 4.90 Å². The van der Waals surface area contributed by atoms with E-state index < -0.39 is 10.0 Å². The van der Waals surface area contributed by atoms with Gasteiger partial charge in [-0.3, -0.25) is 9.69 Å². The van der Waals surface area contributed by atoms with Crippen molar-refractivity contribution < 1.29 is 13.2 Å². The van der Waals surface area contributed by atoms with Crippen LogP contribution in [0.2, 0.25) is 5.02 Å². The predicted octanol–water partition coefficient (Wildman–Crippen LogP) is 2.34. The van der Waals surface area contributed by atoms with Crippen molar-refractivity contribution in [1.29, 1.82) is 0 Å². The van der Waals surface area contributed by atoms with Crippen molar-refractivity contribution in [1.82, 2.24) is 14.5 Å². The fourth-order valence-electron chi connectivity index (χ4n) is 3.87. The molecule has 1 N–H and O–H groups in total. The second kappa shape index (κ2) is 8.90. The molecule has 6 nitrogen and oxygen atoms in total. The van der Waals surface area contributed by atoms with Gasteiger partial charge in [-0.25, -0.2) is 8.42 Å². The van der Waals surface area contributed by atoms with E-state index >= 15 is 0 Å². The van der Waals surface area contributed by atoms with Crippen LogP contribution in [0.1, 0.15) is 32.6 Å². The highest BCUT2D eigenvalue weighted by Crippen LogP contribution is 2.24. The van der Waals surface area contributed by atoms with Gasteiger partial charge in [0.05, 0.1) is 11.4 Å². The highest BCUT2D eigenvalue weighted by molar-refractivity contribution is 7.89. The number of hydrogen-bond donors (Lipinski definition) is 1. The van der Waals surface area contributed by atoms with Crippen LogP contribution in [0.3, 0.4) is 0 Å². The lowest BCUT2D eigenvalue weighted by Crippen LogP contribution is -2.52. The van der Waals surface area contributed by atoms with Crippen molar-refractivity contribution in [2.75, 3.05) is 32.7 Å². The molecule has 0 radical (unpaired) electrons. The van der Waals surface area contributed by atoms with E-state index in [2.05, 4.69) is 12.2 Å². The zero-order chi connectivity index (χ0) is 19.4. The van der Waals surface area contributed by atoms with Crippen molar-refractivity contribution in [3.8, 4) is 0 Å².